The number of hydrogen-bond acceptors (Lipinski definition) is 5. The smallest absolute Gasteiger partial charge is 0.254 e. The van der Waals surface area contributed by atoms with Gasteiger partial charge in [0.15, 0.2) is 19.7 Å². The third kappa shape index (κ3) is 3.40. The number of benzene rings is 1. The number of carbonyl (C=O) groups is 1. The number of amides is 1. The van der Waals surface area contributed by atoms with Gasteiger partial charge in [0.1, 0.15) is 5.82 Å². The monoisotopic (exact) mass is 361 g/mol. The summed E-state index contributed by atoms with van der Waals surface area (Å²) < 4.78 is 61.9. The van der Waals surface area contributed by atoms with Gasteiger partial charge in [0.25, 0.3) is 5.91 Å². The topological polar surface area (TPSA) is 97.4 Å². The van der Waals surface area contributed by atoms with Crippen molar-refractivity contribution >= 4 is 25.6 Å². The highest BCUT2D eigenvalue weighted by atomic mass is 32.2. The van der Waals surface area contributed by atoms with E-state index in [4.69, 9.17) is 0 Å². The van der Waals surface area contributed by atoms with Crippen LogP contribution in [0.3, 0.4) is 0 Å². The van der Waals surface area contributed by atoms with Crippen molar-refractivity contribution in [1.29, 1.82) is 0 Å². The quantitative estimate of drug-likeness (QED) is 0.796. The van der Waals surface area contributed by atoms with E-state index in [-0.39, 0.29) is 28.7 Å². The second-order valence-electron chi connectivity index (χ2n) is 5.96. The van der Waals surface area contributed by atoms with Crippen LogP contribution in [0.5, 0.6) is 0 Å². The molecule has 23 heavy (non-hydrogen) atoms. The van der Waals surface area contributed by atoms with Crippen LogP contribution in [0.2, 0.25) is 0 Å². The fourth-order valence-electron chi connectivity index (χ4n) is 2.54. The first-order valence-corrected chi connectivity index (χ1v) is 10.6. The van der Waals surface area contributed by atoms with E-state index >= 15 is 0 Å². The molecule has 2 fully saturated rings. The molecule has 9 heteroatoms. The Morgan fingerprint density at radius 2 is 1.91 bits per heavy atom. The Kier molecular flexibility index (Phi) is 3.96. The van der Waals surface area contributed by atoms with Gasteiger partial charge >= 0.3 is 0 Å². The van der Waals surface area contributed by atoms with Gasteiger partial charge < -0.3 is 5.32 Å². The lowest BCUT2D eigenvalue weighted by Crippen LogP contribution is -2.27. The van der Waals surface area contributed by atoms with E-state index in [0.717, 1.165) is 31.0 Å². The van der Waals surface area contributed by atoms with Gasteiger partial charge in [-0.25, -0.2) is 21.2 Å². The Morgan fingerprint density at radius 3 is 2.48 bits per heavy atom. The molecule has 1 saturated carbocycles. The molecule has 1 N–H and O–H groups in total. The first-order chi connectivity index (χ1) is 10.7. The van der Waals surface area contributed by atoms with Gasteiger partial charge in [-0.2, -0.15) is 0 Å². The molecule has 1 aromatic rings. The molecule has 6 nitrogen and oxygen atoms in total. The second-order valence-corrected chi connectivity index (χ2v) is 10.4. The van der Waals surface area contributed by atoms with Crippen molar-refractivity contribution in [1.82, 2.24) is 5.32 Å². The Labute approximate surface area is 133 Å². The summed E-state index contributed by atoms with van der Waals surface area (Å²) in [6.07, 6.45) is 1.67. The van der Waals surface area contributed by atoms with E-state index < -0.39 is 42.4 Å². The van der Waals surface area contributed by atoms with Crippen molar-refractivity contribution in [2.24, 2.45) is 0 Å². The number of halogens is 1. The lowest BCUT2D eigenvalue weighted by atomic mass is 10.2. The maximum atomic E-state index is 13.8. The van der Waals surface area contributed by atoms with Crippen LogP contribution in [-0.2, 0) is 19.7 Å². The molecule has 1 saturated heterocycles. The Morgan fingerprint density at radius 1 is 1.22 bits per heavy atom. The fourth-order valence-corrected chi connectivity index (χ4v) is 6.93. The summed E-state index contributed by atoms with van der Waals surface area (Å²) in [6.45, 7) is 0. The maximum absolute atomic E-state index is 13.8. The summed E-state index contributed by atoms with van der Waals surface area (Å²) in [5, 5.41) is 1.56. The number of sulfone groups is 2. The van der Waals surface area contributed by atoms with Crippen molar-refractivity contribution in [3.8, 4) is 0 Å². The summed E-state index contributed by atoms with van der Waals surface area (Å²) in [5.41, 5.74) is -0.334. The maximum Gasteiger partial charge on any atom is 0.254 e. The third-order valence-corrected chi connectivity index (χ3v) is 8.22. The van der Waals surface area contributed by atoms with Gasteiger partial charge in [0.2, 0.25) is 0 Å². The van der Waals surface area contributed by atoms with Crippen molar-refractivity contribution in [2.75, 3.05) is 11.5 Å². The number of rotatable bonds is 4. The molecule has 0 bridgehead atoms. The van der Waals surface area contributed by atoms with Crippen LogP contribution >= 0.6 is 0 Å². The molecule has 0 aromatic heterocycles. The Hall–Kier alpha value is -1.48. The summed E-state index contributed by atoms with van der Waals surface area (Å²) in [4.78, 5) is 11.8. The minimum atomic E-state index is -3.92. The molecular weight excluding hydrogens is 345 g/mol. The zero-order valence-electron chi connectivity index (χ0n) is 12.2. The van der Waals surface area contributed by atoms with Crippen LogP contribution in [-0.4, -0.2) is 45.5 Å². The predicted octanol–water partition coefficient (Wildman–Crippen LogP) is 0.679. The van der Waals surface area contributed by atoms with Gasteiger partial charge in [-0.1, -0.05) is 0 Å². The molecule has 2 aliphatic rings. The van der Waals surface area contributed by atoms with Gasteiger partial charge in [-0.05, 0) is 37.5 Å². The minimum absolute atomic E-state index is 0.0159. The highest BCUT2D eigenvalue weighted by Crippen LogP contribution is 2.27. The van der Waals surface area contributed by atoms with Gasteiger partial charge in [-0.15, -0.1) is 0 Å². The van der Waals surface area contributed by atoms with Crippen LogP contribution < -0.4 is 5.32 Å². The van der Waals surface area contributed by atoms with E-state index in [1.807, 2.05) is 0 Å². The average molecular weight is 361 g/mol. The highest BCUT2D eigenvalue weighted by molar-refractivity contribution is 7.96. The number of hydrogen-bond donors (Lipinski definition) is 1. The van der Waals surface area contributed by atoms with E-state index in [1.54, 1.807) is 0 Å². The molecule has 1 atom stereocenters. The van der Waals surface area contributed by atoms with Crippen LogP contribution in [0.1, 0.15) is 29.6 Å². The highest BCUT2D eigenvalue weighted by Gasteiger charge is 2.38. The third-order valence-electron chi connectivity index (χ3n) is 4.05. The second kappa shape index (κ2) is 5.55. The predicted molar refractivity (Wildman–Crippen MR) is 81.1 cm³/mol. The van der Waals surface area contributed by atoms with E-state index in [2.05, 4.69) is 5.32 Å². The first-order valence-electron chi connectivity index (χ1n) is 7.24. The standard InChI is InChI=1S/C14H16FNO5S2/c15-13-4-3-10(7-12(13)14(17)16-9-1-2-9)23(20,21)11-5-6-22(18,19)8-11/h3-4,7,9,11H,1-2,5-6,8H2,(H,16,17)/t11-/m1/s1. The lowest BCUT2D eigenvalue weighted by molar-refractivity contribution is 0.0947. The van der Waals surface area contributed by atoms with Gasteiger partial charge in [0, 0.05) is 6.04 Å². The zero-order chi connectivity index (χ0) is 16.8. The molecule has 126 valence electrons. The van der Waals surface area contributed by atoms with Crippen molar-refractivity contribution in [2.45, 2.75) is 35.4 Å². The molecule has 1 aliphatic heterocycles. The molecule has 0 radical (unpaired) electrons. The first kappa shape index (κ1) is 16.4. The molecule has 0 spiro atoms. The van der Waals surface area contributed by atoms with Crippen LogP contribution in [0, 0.1) is 5.82 Å². The van der Waals surface area contributed by atoms with E-state index in [0.29, 0.717) is 0 Å². The molecule has 1 aromatic carbocycles. The molecule has 0 unspecified atom stereocenters. The lowest BCUT2D eigenvalue weighted by Gasteiger charge is -2.12. The largest absolute Gasteiger partial charge is 0.349 e. The summed E-state index contributed by atoms with van der Waals surface area (Å²) in [6, 6.07) is 3.01. The Bertz CT molecular complexity index is 859. The summed E-state index contributed by atoms with van der Waals surface area (Å²) in [7, 11) is -7.28. The van der Waals surface area contributed by atoms with Crippen molar-refractivity contribution in [3.63, 3.8) is 0 Å². The fraction of sp³-hybridized carbons (Fsp3) is 0.500. The van der Waals surface area contributed by atoms with Crippen LogP contribution in [0.15, 0.2) is 23.1 Å². The number of nitrogens with one attached hydrogen (secondary N) is 1. The molecule has 1 aliphatic carbocycles. The number of carbonyl (C=O) groups excluding carboxylic acids is 1. The van der Waals surface area contributed by atoms with Gasteiger partial charge in [-0.3, -0.25) is 4.79 Å². The molecule has 1 amide bonds. The zero-order valence-corrected chi connectivity index (χ0v) is 13.8. The summed E-state index contributed by atoms with van der Waals surface area (Å²) >= 11 is 0. The average Bonchev–Trinajstić information content (AvgIpc) is 3.19. The van der Waals surface area contributed by atoms with E-state index in [9.17, 15) is 26.0 Å². The molecule has 3 rings (SSSR count). The minimum Gasteiger partial charge on any atom is -0.349 e. The normalized spacial score (nSPS) is 23.6. The van der Waals surface area contributed by atoms with Crippen molar-refractivity contribution < 1.29 is 26.0 Å². The Balaban J connectivity index is 1.91. The molecular formula is C14H16FNO5S2. The summed E-state index contributed by atoms with van der Waals surface area (Å²) in [5.74, 6) is -2.06. The van der Waals surface area contributed by atoms with Crippen molar-refractivity contribution in [3.05, 3.63) is 29.6 Å². The van der Waals surface area contributed by atoms with Gasteiger partial charge in [0.05, 0.1) is 27.2 Å². The SMILES string of the molecule is O=C(NC1CC1)c1cc(S(=O)(=O)[C@@H]2CCS(=O)(=O)C2)ccc1F. The van der Waals surface area contributed by atoms with Crippen LogP contribution in [0.25, 0.3) is 0 Å². The van der Waals surface area contributed by atoms with E-state index in [1.165, 1.54) is 0 Å². The molecule has 1 heterocycles. The van der Waals surface area contributed by atoms with Crippen LogP contribution in [0.4, 0.5) is 4.39 Å².